The number of nitriles is 1. The van der Waals surface area contributed by atoms with Crippen molar-refractivity contribution in [2.24, 2.45) is 0 Å². The van der Waals surface area contributed by atoms with Crippen LogP contribution < -0.4 is 14.3 Å². The Morgan fingerprint density at radius 1 is 1.07 bits per heavy atom. The Morgan fingerprint density at radius 3 is 2.53 bits per heavy atom. The van der Waals surface area contributed by atoms with Gasteiger partial charge in [-0.05, 0) is 43.2 Å². The molecule has 1 N–H and O–H groups in total. The largest absolute Gasteiger partial charge is 0.488 e. The highest BCUT2D eigenvalue weighted by Gasteiger charge is 2.30. The maximum absolute atomic E-state index is 14.0. The van der Waals surface area contributed by atoms with Crippen LogP contribution in [0.25, 0.3) is 44.0 Å². The molecule has 3 heterocycles. The van der Waals surface area contributed by atoms with Gasteiger partial charge in [0, 0.05) is 34.3 Å². The average Bonchev–Trinajstić information content (AvgIpc) is 3.34. The molecule has 0 spiro atoms. The number of rotatable bonds is 6. The van der Waals surface area contributed by atoms with Gasteiger partial charge in [-0.15, -0.1) is 0 Å². The molecule has 1 saturated carbocycles. The van der Waals surface area contributed by atoms with E-state index in [0.717, 1.165) is 44.4 Å². The zero-order chi connectivity index (χ0) is 30.5. The summed E-state index contributed by atoms with van der Waals surface area (Å²) in [4.78, 5) is 21.2. The quantitative estimate of drug-likeness (QED) is 0.168. The van der Waals surface area contributed by atoms with Gasteiger partial charge in [0.2, 0.25) is 0 Å². The smallest absolute Gasteiger partial charge is 0.483 e. The van der Waals surface area contributed by atoms with E-state index >= 15 is 0 Å². The monoisotopic (exact) mass is 614 g/mol. The molecule has 14 heteroatoms. The molecule has 1 aliphatic rings. The number of pyridine rings is 2. The van der Waals surface area contributed by atoms with Crippen LogP contribution in [0.3, 0.4) is 0 Å². The highest BCUT2D eigenvalue weighted by molar-refractivity contribution is 7.81. The van der Waals surface area contributed by atoms with Crippen LogP contribution in [0.4, 0.5) is 17.1 Å². The molecule has 43 heavy (non-hydrogen) atoms. The molecule has 0 bridgehead atoms. The third-order valence-electron chi connectivity index (χ3n) is 7.53. The fourth-order valence-corrected chi connectivity index (χ4v) is 6.14. The summed E-state index contributed by atoms with van der Waals surface area (Å²) in [7, 11) is -5.41. The second-order valence-electron chi connectivity index (χ2n) is 10.4. The van der Waals surface area contributed by atoms with Crippen molar-refractivity contribution in [2.75, 3.05) is 6.61 Å². The summed E-state index contributed by atoms with van der Waals surface area (Å²) in [5.74, 6) is -0.823. The summed E-state index contributed by atoms with van der Waals surface area (Å²) in [6, 6.07) is 10.7. The van der Waals surface area contributed by atoms with Crippen molar-refractivity contribution in [2.45, 2.75) is 44.3 Å². The van der Waals surface area contributed by atoms with E-state index in [1.807, 2.05) is 4.57 Å². The van der Waals surface area contributed by atoms with Crippen LogP contribution in [0.15, 0.2) is 53.6 Å². The third-order valence-corrected chi connectivity index (χ3v) is 7.92. The summed E-state index contributed by atoms with van der Waals surface area (Å²) in [5.41, 5.74) is 1.51. The molecule has 0 saturated heterocycles. The first kappa shape index (κ1) is 28.5. The maximum Gasteiger partial charge on any atom is 0.488 e. The summed E-state index contributed by atoms with van der Waals surface area (Å²) in [6.07, 6.45) is 1.91. The minimum Gasteiger partial charge on any atom is -0.483 e. The van der Waals surface area contributed by atoms with Gasteiger partial charge in [0.15, 0.2) is 17.8 Å². The van der Waals surface area contributed by atoms with Gasteiger partial charge in [-0.2, -0.15) is 26.9 Å². The van der Waals surface area contributed by atoms with Crippen LogP contribution in [0.1, 0.15) is 43.7 Å². The molecule has 5 aromatic rings. The summed E-state index contributed by atoms with van der Waals surface area (Å²) in [6.45, 7) is -1.67. The summed E-state index contributed by atoms with van der Waals surface area (Å²) < 4.78 is 86.6. The van der Waals surface area contributed by atoms with Crippen molar-refractivity contribution in [1.29, 1.82) is 5.26 Å². The standard InChI is InChI=1S/C29H22F4N4O5S/c30-29(31,32)15-41-25-11-22-24(10-21(25)17-9-19(14-35-13-17)42-43(33,39)40)37(18-4-2-1-3-5-18)28-26(27(22)38)20-7-6-16(12-34)8-23(20)36-28/h6-11,13-14,18,36H,1-5,15H2. The van der Waals surface area contributed by atoms with Crippen LogP contribution >= 0.6 is 0 Å². The van der Waals surface area contributed by atoms with Gasteiger partial charge in [-0.3, -0.25) is 9.78 Å². The van der Waals surface area contributed by atoms with E-state index in [1.165, 1.54) is 18.3 Å². The number of benzene rings is 2. The average molecular weight is 615 g/mol. The zero-order valence-electron chi connectivity index (χ0n) is 22.2. The van der Waals surface area contributed by atoms with Gasteiger partial charge in [0.05, 0.1) is 34.1 Å². The molecule has 0 atom stereocenters. The highest BCUT2D eigenvalue weighted by atomic mass is 32.3. The number of hydrogen-bond acceptors (Lipinski definition) is 7. The zero-order valence-corrected chi connectivity index (χ0v) is 23.1. The van der Waals surface area contributed by atoms with Crippen molar-refractivity contribution >= 4 is 43.3 Å². The fraction of sp³-hybridized carbons (Fsp3) is 0.276. The molecule has 6 rings (SSSR count). The van der Waals surface area contributed by atoms with Crippen LogP contribution in [-0.2, 0) is 10.5 Å². The molecule has 1 aliphatic carbocycles. The lowest BCUT2D eigenvalue weighted by molar-refractivity contribution is -0.153. The molecular weight excluding hydrogens is 592 g/mol. The SMILES string of the molecule is N#Cc1ccc2c(c1)[nH]c1c2c(=O)c2cc(OCC(F)(F)F)c(-c3cncc(OS(=O)(=O)F)c3)cc2n1C1CCCCC1. The van der Waals surface area contributed by atoms with Crippen LogP contribution in [0, 0.1) is 11.3 Å². The van der Waals surface area contributed by atoms with Gasteiger partial charge in [0.25, 0.3) is 0 Å². The lowest BCUT2D eigenvalue weighted by Crippen LogP contribution is -2.20. The first-order valence-corrected chi connectivity index (χ1v) is 14.6. The third kappa shape index (κ3) is 5.60. The predicted octanol–water partition coefficient (Wildman–Crippen LogP) is 6.61. The van der Waals surface area contributed by atoms with Crippen molar-refractivity contribution in [1.82, 2.24) is 14.5 Å². The molecular formula is C29H22F4N4O5S. The molecule has 1 fully saturated rings. The second-order valence-corrected chi connectivity index (χ2v) is 11.3. The van der Waals surface area contributed by atoms with Crippen molar-refractivity contribution in [3.05, 3.63) is 64.6 Å². The first-order valence-electron chi connectivity index (χ1n) is 13.3. The maximum atomic E-state index is 14.0. The Morgan fingerprint density at radius 2 is 1.84 bits per heavy atom. The van der Waals surface area contributed by atoms with Gasteiger partial charge < -0.3 is 18.5 Å². The molecule has 0 radical (unpaired) electrons. The molecule has 0 aliphatic heterocycles. The number of hydrogen-bond donors (Lipinski definition) is 1. The molecule has 9 nitrogen and oxygen atoms in total. The fourth-order valence-electron chi connectivity index (χ4n) is 5.82. The van der Waals surface area contributed by atoms with Crippen molar-refractivity contribution in [3.8, 4) is 28.7 Å². The predicted molar refractivity (Wildman–Crippen MR) is 150 cm³/mol. The Kier molecular flexibility index (Phi) is 7.00. The lowest BCUT2D eigenvalue weighted by atomic mass is 9.94. The van der Waals surface area contributed by atoms with Crippen molar-refractivity contribution < 1.29 is 34.4 Å². The molecule has 3 aromatic heterocycles. The number of nitrogens with zero attached hydrogens (tertiary/aromatic N) is 3. The van der Waals surface area contributed by atoms with Crippen molar-refractivity contribution in [3.63, 3.8) is 0 Å². The van der Waals surface area contributed by atoms with E-state index < -0.39 is 34.5 Å². The Balaban J connectivity index is 1.69. The van der Waals surface area contributed by atoms with Crippen LogP contribution in [0.2, 0.25) is 0 Å². The van der Waals surface area contributed by atoms with E-state index in [4.69, 9.17) is 4.74 Å². The van der Waals surface area contributed by atoms with E-state index in [9.17, 15) is 35.5 Å². The number of halogens is 4. The Hall–Kier alpha value is -4.64. The minimum absolute atomic E-state index is 0.0529. The lowest BCUT2D eigenvalue weighted by Gasteiger charge is -2.27. The summed E-state index contributed by atoms with van der Waals surface area (Å²) >= 11 is 0. The normalized spacial score (nSPS) is 14.8. The molecule has 0 unspecified atom stereocenters. The molecule has 0 amide bonds. The van der Waals surface area contributed by atoms with Crippen LogP contribution in [-0.4, -0.2) is 35.7 Å². The molecule has 2 aromatic carbocycles. The topological polar surface area (TPSA) is 127 Å². The number of H-pyrrole nitrogens is 1. The van der Waals surface area contributed by atoms with E-state index in [-0.39, 0.29) is 28.3 Å². The summed E-state index contributed by atoms with van der Waals surface area (Å²) in [5, 5.41) is 10.4. The second kappa shape index (κ2) is 10.6. The van der Waals surface area contributed by atoms with E-state index in [0.29, 0.717) is 33.0 Å². The Labute approximate surface area is 241 Å². The number of alkyl halides is 3. The minimum atomic E-state index is -5.41. The number of nitrogens with one attached hydrogen (secondary N) is 1. The molecule has 222 valence electrons. The van der Waals surface area contributed by atoms with E-state index in [1.54, 1.807) is 18.2 Å². The van der Waals surface area contributed by atoms with Crippen LogP contribution in [0.5, 0.6) is 11.5 Å². The number of aromatic amines is 1. The van der Waals surface area contributed by atoms with Gasteiger partial charge in [0.1, 0.15) is 11.4 Å². The number of ether oxygens (including phenoxy) is 1. The number of aromatic nitrogens is 3. The van der Waals surface area contributed by atoms with Gasteiger partial charge in [-0.1, -0.05) is 29.2 Å². The number of fused-ring (bicyclic) bond motifs is 4. The highest BCUT2D eigenvalue weighted by Crippen LogP contribution is 2.40. The van der Waals surface area contributed by atoms with E-state index in [2.05, 4.69) is 20.2 Å². The van der Waals surface area contributed by atoms with Gasteiger partial charge >= 0.3 is 16.7 Å². The Bertz CT molecular complexity index is 2110. The first-order chi connectivity index (χ1) is 20.4. The van der Waals surface area contributed by atoms with Gasteiger partial charge in [-0.25, -0.2) is 0 Å².